The second-order valence-corrected chi connectivity index (χ2v) is 4.65. The number of pyridine rings is 1. The first-order valence-electron chi connectivity index (χ1n) is 6.45. The van der Waals surface area contributed by atoms with Crippen molar-refractivity contribution in [2.75, 3.05) is 18.5 Å². The minimum atomic E-state index is -0.506. The number of nitrogens with zero attached hydrogens (tertiary/aromatic N) is 3. The van der Waals surface area contributed by atoms with Gasteiger partial charge in [0, 0.05) is 49.4 Å². The van der Waals surface area contributed by atoms with Gasteiger partial charge in [-0.05, 0) is 30.2 Å². The number of carbonyl (C=O) groups excluding carboxylic acids is 1. The van der Waals surface area contributed by atoms with Crippen molar-refractivity contribution in [3.63, 3.8) is 0 Å². The molecule has 0 aliphatic heterocycles. The summed E-state index contributed by atoms with van der Waals surface area (Å²) < 4.78 is 0. The molecule has 0 unspecified atom stereocenters. The van der Waals surface area contributed by atoms with Crippen LogP contribution in [0.4, 0.5) is 11.4 Å². The van der Waals surface area contributed by atoms with Crippen molar-refractivity contribution < 1.29 is 9.72 Å². The Morgan fingerprint density at radius 3 is 2.62 bits per heavy atom. The highest BCUT2D eigenvalue weighted by molar-refractivity contribution is 5.85. The van der Waals surface area contributed by atoms with E-state index in [0.29, 0.717) is 24.1 Å². The second kappa shape index (κ2) is 6.60. The zero-order valence-corrected chi connectivity index (χ0v) is 11.6. The molecule has 0 N–H and O–H groups in total. The molecule has 0 radical (unpaired) electrons. The fourth-order valence-corrected chi connectivity index (χ4v) is 2.06. The standard InChI is InChI=1S/C15H15N3O3/c1-17(9-6-12-4-7-16-8-5-12)15-3-2-14(18(20)21)10-13(15)11-19/h2-5,7-8,10-11H,6,9H2,1H3. The molecule has 0 saturated carbocycles. The van der Waals surface area contributed by atoms with Crippen molar-refractivity contribution >= 4 is 17.7 Å². The molecule has 0 aliphatic carbocycles. The van der Waals surface area contributed by atoms with E-state index in [9.17, 15) is 14.9 Å². The summed E-state index contributed by atoms with van der Waals surface area (Å²) in [5, 5.41) is 10.7. The van der Waals surface area contributed by atoms with Gasteiger partial charge in [0.1, 0.15) is 0 Å². The van der Waals surface area contributed by atoms with Gasteiger partial charge in [-0.3, -0.25) is 19.9 Å². The van der Waals surface area contributed by atoms with E-state index < -0.39 is 4.92 Å². The lowest BCUT2D eigenvalue weighted by molar-refractivity contribution is -0.384. The van der Waals surface area contributed by atoms with E-state index in [1.165, 1.54) is 12.1 Å². The summed E-state index contributed by atoms with van der Waals surface area (Å²) in [6, 6.07) is 8.18. The zero-order chi connectivity index (χ0) is 15.2. The van der Waals surface area contributed by atoms with Crippen LogP contribution >= 0.6 is 0 Å². The average Bonchev–Trinajstić information content (AvgIpc) is 2.52. The maximum atomic E-state index is 11.1. The van der Waals surface area contributed by atoms with Crippen molar-refractivity contribution in [1.29, 1.82) is 0 Å². The lowest BCUT2D eigenvalue weighted by Gasteiger charge is -2.20. The third kappa shape index (κ3) is 3.62. The Kier molecular flexibility index (Phi) is 4.61. The second-order valence-electron chi connectivity index (χ2n) is 4.65. The molecule has 21 heavy (non-hydrogen) atoms. The van der Waals surface area contributed by atoms with Crippen LogP contribution in [0.1, 0.15) is 15.9 Å². The molecule has 1 aromatic heterocycles. The maximum Gasteiger partial charge on any atom is 0.270 e. The molecule has 2 rings (SSSR count). The van der Waals surface area contributed by atoms with Gasteiger partial charge in [0.05, 0.1) is 4.92 Å². The largest absolute Gasteiger partial charge is 0.374 e. The molecule has 2 aromatic rings. The van der Waals surface area contributed by atoms with Gasteiger partial charge >= 0.3 is 0 Å². The van der Waals surface area contributed by atoms with E-state index in [4.69, 9.17) is 0 Å². The zero-order valence-electron chi connectivity index (χ0n) is 11.6. The van der Waals surface area contributed by atoms with Crippen molar-refractivity contribution in [1.82, 2.24) is 4.98 Å². The van der Waals surface area contributed by atoms with E-state index >= 15 is 0 Å². The molecule has 0 bridgehead atoms. The summed E-state index contributed by atoms with van der Waals surface area (Å²) in [4.78, 5) is 27.2. The number of hydrogen-bond acceptors (Lipinski definition) is 5. The molecule has 0 aliphatic rings. The smallest absolute Gasteiger partial charge is 0.270 e. The first-order chi connectivity index (χ1) is 10.1. The Hall–Kier alpha value is -2.76. The third-order valence-electron chi connectivity index (χ3n) is 3.25. The van der Waals surface area contributed by atoms with Crippen LogP contribution < -0.4 is 4.90 Å². The minimum absolute atomic E-state index is 0.0802. The van der Waals surface area contributed by atoms with Crippen LogP contribution in [0.3, 0.4) is 0 Å². The van der Waals surface area contributed by atoms with Crippen molar-refractivity contribution in [3.05, 3.63) is 64.0 Å². The van der Waals surface area contributed by atoms with Crippen LogP contribution in [0.5, 0.6) is 0 Å². The Morgan fingerprint density at radius 2 is 2.00 bits per heavy atom. The molecule has 0 amide bonds. The molecular formula is C15H15N3O3. The van der Waals surface area contributed by atoms with Crippen LogP contribution in [0.15, 0.2) is 42.7 Å². The SMILES string of the molecule is CN(CCc1ccncc1)c1ccc([N+](=O)[O-])cc1C=O. The van der Waals surface area contributed by atoms with Crippen LogP contribution in [-0.2, 0) is 6.42 Å². The average molecular weight is 285 g/mol. The Balaban J connectivity index is 2.13. The summed E-state index contributed by atoms with van der Waals surface area (Å²) in [6.07, 6.45) is 4.91. The summed E-state index contributed by atoms with van der Waals surface area (Å²) in [5.41, 5.74) is 2.07. The number of rotatable bonds is 6. The summed E-state index contributed by atoms with van der Waals surface area (Å²) >= 11 is 0. The number of aromatic nitrogens is 1. The Labute approximate surface area is 122 Å². The van der Waals surface area contributed by atoms with E-state index in [1.807, 2.05) is 24.1 Å². The van der Waals surface area contributed by atoms with E-state index in [2.05, 4.69) is 4.98 Å². The molecule has 1 aromatic carbocycles. The van der Waals surface area contributed by atoms with Gasteiger partial charge in [-0.15, -0.1) is 0 Å². The number of aldehydes is 1. The predicted molar refractivity (Wildman–Crippen MR) is 79.7 cm³/mol. The Morgan fingerprint density at radius 1 is 1.29 bits per heavy atom. The molecule has 6 heteroatoms. The van der Waals surface area contributed by atoms with Crippen molar-refractivity contribution in [2.24, 2.45) is 0 Å². The fourth-order valence-electron chi connectivity index (χ4n) is 2.06. The molecule has 1 heterocycles. The van der Waals surface area contributed by atoms with Crippen LogP contribution in [-0.4, -0.2) is 29.8 Å². The number of anilines is 1. The normalized spacial score (nSPS) is 10.1. The topological polar surface area (TPSA) is 76.3 Å². The third-order valence-corrected chi connectivity index (χ3v) is 3.25. The number of likely N-dealkylation sites (N-methyl/N-ethyl adjacent to an activating group) is 1. The van der Waals surface area contributed by atoms with Gasteiger partial charge in [-0.2, -0.15) is 0 Å². The number of non-ortho nitro benzene ring substituents is 1. The quantitative estimate of drug-likeness (QED) is 0.463. The van der Waals surface area contributed by atoms with Gasteiger partial charge in [-0.25, -0.2) is 0 Å². The molecule has 0 saturated heterocycles. The number of carbonyl (C=O) groups is 1. The fraction of sp³-hybridized carbons (Fsp3) is 0.200. The monoisotopic (exact) mass is 285 g/mol. The Bertz CT molecular complexity index is 644. The van der Waals surface area contributed by atoms with Gasteiger partial charge in [-0.1, -0.05) is 0 Å². The number of nitro benzene ring substituents is 1. The first kappa shape index (κ1) is 14.6. The maximum absolute atomic E-state index is 11.1. The van der Waals surface area contributed by atoms with Crippen LogP contribution in [0.25, 0.3) is 0 Å². The summed E-state index contributed by atoms with van der Waals surface area (Å²) in [5.74, 6) is 0. The van der Waals surface area contributed by atoms with Gasteiger partial charge in [0.25, 0.3) is 5.69 Å². The van der Waals surface area contributed by atoms with Gasteiger partial charge in [0.2, 0.25) is 0 Å². The molecule has 0 fully saturated rings. The predicted octanol–water partition coefficient (Wildman–Crippen LogP) is 2.48. The highest BCUT2D eigenvalue weighted by Crippen LogP contribution is 2.23. The van der Waals surface area contributed by atoms with E-state index in [1.54, 1.807) is 18.5 Å². The molecule has 6 nitrogen and oxygen atoms in total. The highest BCUT2D eigenvalue weighted by Gasteiger charge is 2.13. The molecule has 0 atom stereocenters. The van der Waals surface area contributed by atoms with Crippen LogP contribution in [0.2, 0.25) is 0 Å². The van der Waals surface area contributed by atoms with E-state index in [-0.39, 0.29) is 5.69 Å². The first-order valence-corrected chi connectivity index (χ1v) is 6.45. The van der Waals surface area contributed by atoms with Crippen LogP contribution in [0, 0.1) is 10.1 Å². The van der Waals surface area contributed by atoms with Gasteiger partial charge < -0.3 is 4.90 Å². The lowest BCUT2D eigenvalue weighted by Crippen LogP contribution is -2.21. The summed E-state index contributed by atoms with van der Waals surface area (Å²) in [6.45, 7) is 0.697. The lowest BCUT2D eigenvalue weighted by atomic mass is 10.1. The van der Waals surface area contributed by atoms with E-state index in [0.717, 1.165) is 12.0 Å². The molecular weight excluding hydrogens is 270 g/mol. The summed E-state index contributed by atoms with van der Waals surface area (Å²) in [7, 11) is 1.86. The molecule has 0 spiro atoms. The number of hydrogen-bond donors (Lipinski definition) is 0. The van der Waals surface area contributed by atoms with Crippen molar-refractivity contribution in [3.8, 4) is 0 Å². The number of benzene rings is 1. The highest BCUT2D eigenvalue weighted by atomic mass is 16.6. The van der Waals surface area contributed by atoms with Crippen molar-refractivity contribution in [2.45, 2.75) is 6.42 Å². The molecule has 108 valence electrons. The number of nitro groups is 1. The van der Waals surface area contributed by atoms with Gasteiger partial charge in [0.15, 0.2) is 6.29 Å². The minimum Gasteiger partial charge on any atom is -0.374 e.